The summed E-state index contributed by atoms with van der Waals surface area (Å²) in [4.78, 5) is 3.22. The van der Waals surface area contributed by atoms with E-state index in [1.807, 2.05) is 7.05 Å². The van der Waals surface area contributed by atoms with Gasteiger partial charge in [-0.2, -0.15) is 0 Å². The van der Waals surface area contributed by atoms with Gasteiger partial charge in [0.15, 0.2) is 0 Å². The Kier molecular flexibility index (Phi) is 2.24. The maximum atomic E-state index is 3.52. The van der Waals surface area contributed by atoms with Crippen LogP contribution in [0.25, 0.3) is 0 Å². The molecule has 0 bridgehead atoms. The minimum absolute atomic E-state index is 0.715. The number of fused-ring (bicyclic) bond motifs is 1. The first-order valence-corrected chi connectivity index (χ1v) is 5.12. The molecule has 1 unspecified atom stereocenters. The van der Waals surface area contributed by atoms with E-state index in [0.717, 1.165) is 6.54 Å². The summed E-state index contributed by atoms with van der Waals surface area (Å²) in [7, 11) is 2.01. The Balaban J connectivity index is 2.24. The van der Waals surface area contributed by atoms with Crippen molar-refractivity contribution in [2.75, 3.05) is 13.6 Å². The highest BCUT2D eigenvalue weighted by Gasteiger charge is 2.24. The van der Waals surface area contributed by atoms with Crippen LogP contribution in [0.4, 0.5) is 0 Å². The van der Waals surface area contributed by atoms with Gasteiger partial charge in [-0.05, 0) is 52.9 Å². The van der Waals surface area contributed by atoms with Crippen LogP contribution in [0.15, 0.2) is 10.8 Å². The van der Waals surface area contributed by atoms with Gasteiger partial charge in [0.05, 0.1) is 4.60 Å². The number of aromatic amines is 1. The second kappa shape index (κ2) is 3.23. The molecule has 0 aromatic carbocycles. The number of hydrogen-bond acceptors (Lipinski definition) is 1. The van der Waals surface area contributed by atoms with Crippen molar-refractivity contribution in [3.8, 4) is 0 Å². The minimum atomic E-state index is 0.715. The molecule has 2 nitrogen and oxygen atoms in total. The molecule has 2 N–H and O–H groups in total. The lowest BCUT2D eigenvalue weighted by Crippen LogP contribution is -2.14. The van der Waals surface area contributed by atoms with E-state index in [9.17, 15) is 0 Å². The van der Waals surface area contributed by atoms with Crippen LogP contribution in [-0.2, 0) is 6.42 Å². The average molecular weight is 229 g/mol. The summed E-state index contributed by atoms with van der Waals surface area (Å²) in [5.41, 5.74) is 2.98. The molecule has 0 saturated heterocycles. The molecule has 3 heteroatoms. The fourth-order valence-corrected chi connectivity index (χ4v) is 2.53. The van der Waals surface area contributed by atoms with Gasteiger partial charge in [-0.3, -0.25) is 0 Å². The van der Waals surface area contributed by atoms with Crippen molar-refractivity contribution in [1.29, 1.82) is 0 Å². The lowest BCUT2D eigenvalue weighted by atomic mass is 10.1. The van der Waals surface area contributed by atoms with E-state index in [0.29, 0.717) is 5.92 Å². The third-order valence-electron chi connectivity index (χ3n) is 2.60. The quantitative estimate of drug-likeness (QED) is 0.797. The predicted molar refractivity (Wildman–Crippen MR) is 53.5 cm³/mol. The van der Waals surface area contributed by atoms with E-state index in [4.69, 9.17) is 0 Å². The van der Waals surface area contributed by atoms with Crippen LogP contribution in [0.3, 0.4) is 0 Å². The molecule has 2 rings (SSSR count). The van der Waals surface area contributed by atoms with Crippen LogP contribution in [0, 0.1) is 0 Å². The standard InChI is InChI=1S/C9H13BrN2/c1-11-4-6-2-3-7-8(6)5-12-9(7)10/h5-6,11-12H,2-4H2,1H3. The largest absolute Gasteiger partial charge is 0.356 e. The minimum Gasteiger partial charge on any atom is -0.356 e. The molecule has 0 amide bonds. The van der Waals surface area contributed by atoms with Gasteiger partial charge in [-0.25, -0.2) is 0 Å². The highest BCUT2D eigenvalue weighted by atomic mass is 79.9. The van der Waals surface area contributed by atoms with E-state index in [2.05, 4.69) is 32.4 Å². The Morgan fingerprint density at radius 1 is 1.75 bits per heavy atom. The maximum Gasteiger partial charge on any atom is 0.0855 e. The summed E-state index contributed by atoms with van der Waals surface area (Å²) in [6, 6.07) is 0. The first-order chi connectivity index (χ1) is 5.83. The molecule has 66 valence electrons. The molecule has 1 aromatic heterocycles. The zero-order valence-corrected chi connectivity index (χ0v) is 8.74. The third-order valence-corrected chi connectivity index (χ3v) is 3.31. The fourth-order valence-electron chi connectivity index (χ4n) is 1.99. The van der Waals surface area contributed by atoms with Gasteiger partial charge in [0, 0.05) is 12.7 Å². The molecule has 0 saturated carbocycles. The molecule has 0 aliphatic heterocycles. The summed E-state index contributed by atoms with van der Waals surface area (Å²) in [6.45, 7) is 1.09. The molecule has 12 heavy (non-hydrogen) atoms. The van der Waals surface area contributed by atoms with Crippen LogP contribution in [-0.4, -0.2) is 18.6 Å². The molecule has 1 aromatic rings. The zero-order chi connectivity index (χ0) is 8.55. The Hall–Kier alpha value is -0.280. The van der Waals surface area contributed by atoms with Gasteiger partial charge < -0.3 is 10.3 Å². The molecular formula is C9H13BrN2. The first kappa shape index (κ1) is 8.32. The van der Waals surface area contributed by atoms with Crippen molar-refractivity contribution in [3.63, 3.8) is 0 Å². The molecule has 1 aliphatic carbocycles. The lowest BCUT2D eigenvalue weighted by molar-refractivity contribution is 0.621. The maximum absolute atomic E-state index is 3.52. The van der Waals surface area contributed by atoms with E-state index >= 15 is 0 Å². The van der Waals surface area contributed by atoms with Crippen LogP contribution in [0.2, 0.25) is 0 Å². The number of nitrogens with one attached hydrogen (secondary N) is 2. The van der Waals surface area contributed by atoms with Crippen LogP contribution in [0.1, 0.15) is 23.5 Å². The van der Waals surface area contributed by atoms with Gasteiger partial charge in [0.25, 0.3) is 0 Å². The van der Waals surface area contributed by atoms with Gasteiger partial charge in [0.1, 0.15) is 0 Å². The SMILES string of the molecule is CNCC1CCc2c1c[nH]c2Br. The smallest absolute Gasteiger partial charge is 0.0855 e. The molecule has 0 spiro atoms. The fraction of sp³-hybridized carbons (Fsp3) is 0.556. The van der Waals surface area contributed by atoms with Crippen molar-refractivity contribution in [1.82, 2.24) is 10.3 Å². The van der Waals surface area contributed by atoms with Crippen molar-refractivity contribution < 1.29 is 0 Å². The molecule has 1 aliphatic rings. The third kappa shape index (κ3) is 1.21. The normalized spacial score (nSPS) is 21.3. The van der Waals surface area contributed by atoms with E-state index < -0.39 is 0 Å². The lowest BCUT2D eigenvalue weighted by Gasteiger charge is -2.07. The number of likely N-dealkylation sites (N-methyl/N-ethyl adjacent to an activating group) is 1. The number of hydrogen-bond donors (Lipinski definition) is 2. The monoisotopic (exact) mass is 228 g/mol. The van der Waals surface area contributed by atoms with Crippen LogP contribution in [0.5, 0.6) is 0 Å². The number of aromatic nitrogens is 1. The molecule has 1 heterocycles. The summed E-state index contributed by atoms with van der Waals surface area (Å²) in [5.74, 6) is 0.715. The summed E-state index contributed by atoms with van der Waals surface area (Å²) in [5, 5.41) is 3.23. The highest BCUT2D eigenvalue weighted by Crippen LogP contribution is 2.36. The molecule has 0 fully saturated rings. The first-order valence-electron chi connectivity index (χ1n) is 4.33. The van der Waals surface area contributed by atoms with Crippen LogP contribution < -0.4 is 5.32 Å². The van der Waals surface area contributed by atoms with E-state index in [1.165, 1.54) is 28.6 Å². The van der Waals surface area contributed by atoms with Crippen molar-refractivity contribution in [3.05, 3.63) is 21.9 Å². The Bertz CT molecular complexity index is 280. The van der Waals surface area contributed by atoms with E-state index in [-0.39, 0.29) is 0 Å². The van der Waals surface area contributed by atoms with Gasteiger partial charge in [-0.15, -0.1) is 0 Å². The predicted octanol–water partition coefficient (Wildman–Crippen LogP) is 2.03. The van der Waals surface area contributed by atoms with E-state index in [1.54, 1.807) is 0 Å². The Labute approximate surface area is 80.9 Å². The van der Waals surface area contributed by atoms with Gasteiger partial charge in [0.2, 0.25) is 0 Å². The Morgan fingerprint density at radius 3 is 3.33 bits per heavy atom. The van der Waals surface area contributed by atoms with Crippen molar-refractivity contribution in [2.24, 2.45) is 0 Å². The number of rotatable bonds is 2. The Morgan fingerprint density at radius 2 is 2.58 bits per heavy atom. The van der Waals surface area contributed by atoms with Crippen molar-refractivity contribution in [2.45, 2.75) is 18.8 Å². The second-order valence-corrected chi connectivity index (χ2v) is 4.12. The molecule has 0 radical (unpaired) electrons. The van der Waals surface area contributed by atoms with Crippen LogP contribution >= 0.6 is 15.9 Å². The molecular weight excluding hydrogens is 216 g/mol. The highest BCUT2D eigenvalue weighted by molar-refractivity contribution is 9.10. The topological polar surface area (TPSA) is 27.8 Å². The van der Waals surface area contributed by atoms with Crippen molar-refractivity contribution >= 4 is 15.9 Å². The number of H-pyrrole nitrogens is 1. The molecule has 1 atom stereocenters. The van der Waals surface area contributed by atoms with Gasteiger partial charge in [-0.1, -0.05) is 0 Å². The average Bonchev–Trinajstić information content (AvgIpc) is 2.58. The number of halogens is 1. The van der Waals surface area contributed by atoms with Gasteiger partial charge >= 0.3 is 0 Å². The summed E-state index contributed by atoms with van der Waals surface area (Å²) in [6.07, 6.45) is 4.64. The summed E-state index contributed by atoms with van der Waals surface area (Å²) < 4.78 is 1.18. The second-order valence-electron chi connectivity index (χ2n) is 3.33. The summed E-state index contributed by atoms with van der Waals surface area (Å²) >= 11 is 3.52. The zero-order valence-electron chi connectivity index (χ0n) is 7.15.